The third-order valence-electron chi connectivity index (χ3n) is 4.64. The summed E-state index contributed by atoms with van der Waals surface area (Å²) in [6.45, 7) is 5.68. The zero-order valence-electron chi connectivity index (χ0n) is 15.0. The Morgan fingerprint density at radius 2 is 1.72 bits per heavy atom. The molecule has 4 nitrogen and oxygen atoms in total. The van der Waals surface area contributed by atoms with Crippen LogP contribution in [0.25, 0.3) is 10.8 Å². The van der Waals surface area contributed by atoms with Gasteiger partial charge < -0.3 is 9.88 Å². The summed E-state index contributed by atoms with van der Waals surface area (Å²) in [5.74, 6) is -0.136. The second-order valence-electron chi connectivity index (χ2n) is 6.48. The van der Waals surface area contributed by atoms with Crippen LogP contribution >= 0.6 is 0 Å². The Kier molecular flexibility index (Phi) is 4.45. The largest absolute Gasteiger partial charge is 0.354 e. The van der Waals surface area contributed by atoms with Crippen molar-refractivity contribution < 1.29 is 9.59 Å². The molecule has 25 heavy (non-hydrogen) atoms. The van der Waals surface area contributed by atoms with Crippen LogP contribution in [0.2, 0.25) is 0 Å². The number of hydrogen-bond donors (Lipinski definition) is 1. The van der Waals surface area contributed by atoms with Crippen LogP contribution in [0.4, 0.5) is 0 Å². The van der Waals surface area contributed by atoms with Gasteiger partial charge >= 0.3 is 0 Å². The molecule has 0 aliphatic heterocycles. The van der Waals surface area contributed by atoms with Gasteiger partial charge in [0, 0.05) is 24.8 Å². The van der Waals surface area contributed by atoms with E-state index in [1.165, 1.54) is 6.92 Å². The maximum Gasteiger partial charge on any atom is 0.270 e. The van der Waals surface area contributed by atoms with Gasteiger partial charge in [0.25, 0.3) is 5.91 Å². The number of benzene rings is 2. The molecule has 128 valence electrons. The summed E-state index contributed by atoms with van der Waals surface area (Å²) in [5, 5.41) is 2.31. The van der Waals surface area contributed by atoms with Gasteiger partial charge in [-0.1, -0.05) is 42.5 Å². The smallest absolute Gasteiger partial charge is 0.270 e. The Balaban J connectivity index is 1.91. The van der Waals surface area contributed by atoms with Crippen LogP contribution in [0, 0.1) is 13.8 Å². The minimum absolute atomic E-state index is 0.0259. The number of nitrogens with one attached hydrogen (secondary N) is 1. The minimum atomic E-state index is -0.110. The molecule has 1 heterocycles. The first kappa shape index (κ1) is 17.0. The average Bonchev–Trinajstić information content (AvgIpc) is 2.89. The predicted octanol–water partition coefficient (Wildman–Crippen LogP) is 4.26. The number of Topliss-reactive ketones (excluding diaryl/α,β-unsaturated/α-hetero) is 1. The van der Waals surface area contributed by atoms with E-state index in [1.807, 2.05) is 38.1 Å². The molecule has 0 saturated carbocycles. The van der Waals surface area contributed by atoms with Crippen LogP contribution in [-0.2, 0) is 6.54 Å². The van der Waals surface area contributed by atoms with E-state index in [1.54, 1.807) is 11.9 Å². The van der Waals surface area contributed by atoms with Gasteiger partial charge in [-0.15, -0.1) is 0 Å². The van der Waals surface area contributed by atoms with Gasteiger partial charge in [0.1, 0.15) is 5.69 Å². The molecule has 0 atom stereocenters. The lowest BCUT2D eigenvalue weighted by molar-refractivity contribution is 0.0779. The highest BCUT2D eigenvalue weighted by Crippen LogP contribution is 2.22. The highest BCUT2D eigenvalue weighted by Gasteiger charge is 2.22. The Labute approximate surface area is 147 Å². The molecule has 0 unspecified atom stereocenters. The van der Waals surface area contributed by atoms with Gasteiger partial charge in [0.2, 0.25) is 0 Å². The molecule has 0 aliphatic carbocycles. The number of rotatable bonds is 4. The fourth-order valence-corrected chi connectivity index (χ4v) is 3.44. The SMILES string of the molecule is CC(=O)c1c(C)[nH]c(C(=O)N(C)Cc2cccc3ccccc23)c1C. The van der Waals surface area contributed by atoms with Gasteiger partial charge in [-0.3, -0.25) is 9.59 Å². The van der Waals surface area contributed by atoms with Crippen LogP contribution in [0.5, 0.6) is 0 Å². The Morgan fingerprint density at radius 3 is 2.40 bits per heavy atom. The summed E-state index contributed by atoms with van der Waals surface area (Å²) < 4.78 is 0. The number of hydrogen-bond acceptors (Lipinski definition) is 2. The van der Waals surface area contributed by atoms with E-state index in [-0.39, 0.29) is 11.7 Å². The van der Waals surface area contributed by atoms with Crippen molar-refractivity contribution in [2.75, 3.05) is 7.05 Å². The van der Waals surface area contributed by atoms with E-state index in [2.05, 4.69) is 23.2 Å². The zero-order chi connectivity index (χ0) is 18.1. The second-order valence-corrected chi connectivity index (χ2v) is 6.48. The Morgan fingerprint density at radius 1 is 1.04 bits per heavy atom. The molecule has 0 saturated heterocycles. The summed E-state index contributed by atoms with van der Waals surface area (Å²) in [4.78, 5) is 29.4. The highest BCUT2D eigenvalue weighted by atomic mass is 16.2. The molecule has 3 rings (SSSR count). The van der Waals surface area contributed by atoms with Gasteiger partial charge in [0.05, 0.1) is 0 Å². The summed E-state index contributed by atoms with van der Waals surface area (Å²) in [6, 6.07) is 14.3. The maximum absolute atomic E-state index is 12.9. The number of ketones is 1. The molecule has 4 heteroatoms. The second kappa shape index (κ2) is 6.55. The monoisotopic (exact) mass is 334 g/mol. The van der Waals surface area contributed by atoms with Crippen LogP contribution in [0.3, 0.4) is 0 Å². The van der Waals surface area contributed by atoms with Gasteiger partial charge in [-0.05, 0) is 42.7 Å². The number of carbonyl (C=O) groups excluding carboxylic acids is 2. The zero-order valence-corrected chi connectivity index (χ0v) is 15.0. The van der Waals surface area contributed by atoms with E-state index < -0.39 is 0 Å². The third kappa shape index (κ3) is 3.07. The number of H-pyrrole nitrogens is 1. The van der Waals surface area contributed by atoms with Crippen molar-refractivity contribution >= 4 is 22.5 Å². The van der Waals surface area contributed by atoms with Crippen molar-refractivity contribution in [3.63, 3.8) is 0 Å². The van der Waals surface area contributed by atoms with E-state index in [0.717, 1.165) is 27.6 Å². The van der Waals surface area contributed by atoms with Crippen molar-refractivity contribution in [2.45, 2.75) is 27.3 Å². The minimum Gasteiger partial charge on any atom is -0.354 e. The van der Waals surface area contributed by atoms with Crippen molar-refractivity contribution in [1.29, 1.82) is 0 Å². The van der Waals surface area contributed by atoms with Crippen LogP contribution < -0.4 is 0 Å². The van der Waals surface area contributed by atoms with Gasteiger partial charge in [-0.25, -0.2) is 0 Å². The number of aryl methyl sites for hydroxylation is 1. The standard InChI is InChI=1S/C21H22N2O2/c1-13-19(15(3)24)14(2)22-20(13)21(25)23(4)12-17-10-7-9-16-8-5-6-11-18(16)17/h5-11,22H,12H2,1-4H3. The molecule has 3 aromatic rings. The van der Waals surface area contributed by atoms with Crippen molar-refractivity contribution in [2.24, 2.45) is 0 Å². The van der Waals surface area contributed by atoms with Crippen molar-refractivity contribution in [1.82, 2.24) is 9.88 Å². The topological polar surface area (TPSA) is 53.2 Å². The predicted molar refractivity (Wildman–Crippen MR) is 100 cm³/mol. The van der Waals surface area contributed by atoms with Gasteiger partial charge in [0.15, 0.2) is 5.78 Å². The lowest BCUT2D eigenvalue weighted by Gasteiger charge is -2.18. The summed E-state index contributed by atoms with van der Waals surface area (Å²) in [6.07, 6.45) is 0. The van der Waals surface area contributed by atoms with E-state index >= 15 is 0 Å². The van der Waals surface area contributed by atoms with E-state index in [0.29, 0.717) is 17.8 Å². The number of nitrogens with zero attached hydrogens (tertiary/aromatic N) is 1. The molecular weight excluding hydrogens is 312 g/mol. The fourth-order valence-electron chi connectivity index (χ4n) is 3.44. The molecule has 1 amide bonds. The van der Waals surface area contributed by atoms with Crippen molar-refractivity contribution in [3.05, 3.63) is 70.5 Å². The first-order valence-corrected chi connectivity index (χ1v) is 8.32. The number of carbonyl (C=O) groups is 2. The lowest BCUT2D eigenvalue weighted by atomic mass is 10.0. The Hall–Kier alpha value is -2.88. The normalized spacial score (nSPS) is 10.9. The number of fused-ring (bicyclic) bond motifs is 1. The number of aromatic amines is 1. The molecular formula is C21H22N2O2. The first-order chi connectivity index (χ1) is 11.9. The van der Waals surface area contributed by atoms with Crippen LogP contribution in [-0.4, -0.2) is 28.6 Å². The quantitative estimate of drug-likeness (QED) is 0.725. The number of amides is 1. The van der Waals surface area contributed by atoms with Crippen LogP contribution in [0.15, 0.2) is 42.5 Å². The average molecular weight is 334 g/mol. The lowest BCUT2D eigenvalue weighted by Crippen LogP contribution is -2.27. The van der Waals surface area contributed by atoms with Gasteiger partial charge in [-0.2, -0.15) is 0 Å². The molecule has 0 spiro atoms. The number of aromatic nitrogens is 1. The molecule has 0 fully saturated rings. The van der Waals surface area contributed by atoms with E-state index in [4.69, 9.17) is 0 Å². The first-order valence-electron chi connectivity index (χ1n) is 8.32. The fraction of sp³-hybridized carbons (Fsp3) is 0.238. The summed E-state index contributed by atoms with van der Waals surface area (Å²) >= 11 is 0. The molecule has 1 N–H and O–H groups in total. The molecule has 1 aromatic heterocycles. The highest BCUT2D eigenvalue weighted by molar-refractivity contribution is 6.02. The van der Waals surface area contributed by atoms with Crippen LogP contribution in [0.1, 0.15) is 44.6 Å². The van der Waals surface area contributed by atoms with E-state index in [9.17, 15) is 9.59 Å². The molecule has 0 aliphatic rings. The summed E-state index contributed by atoms with van der Waals surface area (Å²) in [7, 11) is 1.78. The molecule has 2 aromatic carbocycles. The molecule has 0 radical (unpaired) electrons. The third-order valence-corrected chi connectivity index (χ3v) is 4.64. The Bertz CT molecular complexity index is 964. The maximum atomic E-state index is 12.9. The van der Waals surface area contributed by atoms with Crippen molar-refractivity contribution in [3.8, 4) is 0 Å². The molecule has 0 bridgehead atoms. The summed E-state index contributed by atoms with van der Waals surface area (Å²) in [5.41, 5.74) is 3.67.